The van der Waals surface area contributed by atoms with Crippen molar-refractivity contribution in [3.05, 3.63) is 114 Å². The first kappa shape index (κ1) is 29.5. The third-order valence-electron chi connectivity index (χ3n) is 6.64. The minimum absolute atomic E-state index is 0.0967. The number of fused-ring (bicyclic) bond motifs is 1. The van der Waals surface area contributed by atoms with Gasteiger partial charge in [-0.2, -0.15) is 5.10 Å². The van der Waals surface area contributed by atoms with Crippen LogP contribution in [0.25, 0.3) is 27.9 Å². The first-order valence-electron chi connectivity index (χ1n) is 12.9. The average molecular weight is 590 g/mol. The second kappa shape index (κ2) is 12.1. The molecule has 0 spiro atoms. The van der Waals surface area contributed by atoms with Crippen LogP contribution < -0.4 is 11.5 Å². The van der Waals surface area contributed by atoms with E-state index in [0.29, 0.717) is 17.9 Å². The molecule has 2 aromatic carbocycles. The fraction of sp³-hybridized carbons (Fsp3) is 0.133. The van der Waals surface area contributed by atoms with Crippen molar-refractivity contribution < 1.29 is 28.1 Å². The molecule has 0 bridgehead atoms. The summed E-state index contributed by atoms with van der Waals surface area (Å²) in [5.41, 5.74) is 13.8. The van der Waals surface area contributed by atoms with Crippen molar-refractivity contribution in [2.24, 2.45) is 21.5 Å². The second-order valence-corrected chi connectivity index (χ2v) is 9.60. The number of epoxide rings is 1. The summed E-state index contributed by atoms with van der Waals surface area (Å²) in [6, 6.07) is 16.4. The Morgan fingerprint density at radius 1 is 0.977 bits per heavy atom. The summed E-state index contributed by atoms with van der Waals surface area (Å²) in [5.74, 6) is -4.04. The van der Waals surface area contributed by atoms with E-state index < -0.39 is 23.1 Å². The van der Waals surface area contributed by atoms with Crippen LogP contribution in [-0.2, 0) is 16.2 Å². The highest BCUT2D eigenvalue weighted by molar-refractivity contribution is 5.92. The molecule has 3 aromatic heterocycles. The van der Waals surface area contributed by atoms with Gasteiger partial charge in [-0.15, -0.1) is 0 Å². The summed E-state index contributed by atoms with van der Waals surface area (Å²) in [6.45, 7) is 0.589. The largest absolute Gasteiger partial charge is 0.390 e. The van der Waals surface area contributed by atoms with Gasteiger partial charge in [0.2, 0.25) is 5.91 Å². The molecule has 4 heterocycles. The fourth-order valence-corrected chi connectivity index (χ4v) is 4.43. The summed E-state index contributed by atoms with van der Waals surface area (Å²) >= 11 is 0. The average Bonchev–Trinajstić information content (AvgIpc) is 3.67. The van der Waals surface area contributed by atoms with E-state index in [1.54, 1.807) is 30.6 Å². The van der Waals surface area contributed by atoms with E-state index in [1.165, 1.54) is 47.4 Å². The number of ether oxygens (including phenoxy) is 1. The van der Waals surface area contributed by atoms with Gasteiger partial charge < -0.3 is 20.7 Å². The van der Waals surface area contributed by atoms with E-state index in [1.807, 2.05) is 12.1 Å². The lowest BCUT2D eigenvalue weighted by atomic mass is 9.99. The Morgan fingerprint density at radius 3 is 2.30 bits per heavy atom. The van der Waals surface area contributed by atoms with Gasteiger partial charge in [0.25, 0.3) is 0 Å². The lowest BCUT2D eigenvalue weighted by Gasteiger charge is -2.15. The van der Waals surface area contributed by atoms with Crippen LogP contribution in [-0.4, -0.2) is 50.6 Å². The molecule has 0 saturated carbocycles. The molecule has 220 valence electrons. The minimum Gasteiger partial charge on any atom is -0.390 e. The third kappa shape index (κ3) is 6.60. The molecular formula is C30H26F3N7O3. The molecule has 1 aliphatic heterocycles. The number of aromatic nitrogens is 3. The predicted molar refractivity (Wildman–Crippen MR) is 154 cm³/mol. The highest BCUT2D eigenvalue weighted by Crippen LogP contribution is 2.40. The molecule has 43 heavy (non-hydrogen) atoms. The van der Waals surface area contributed by atoms with E-state index in [9.17, 15) is 23.4 Å². The Hall–Kier alpha value is -4.95. The van der Waals surface area contributed by atoms with Gasteiger partial charge >= 0.3 is 0 Å². The number of benzene rings is 2. The van der Waals surface area contributed by atoms with Gasteiger partial charge in [0, 0.05) is 46.9 Å². The molecule has 10 nitrogen and oxygen atoms in total. The van der Waals surface area contributed by atoms with Crippen LogP contribution in [0.1, 0.15) is 11.1 Å². The van der Waals surface area contributed by atoms with Crippen LogP contribution in [0.15, 0.2) is 95.3 Å². The first-order chi connectivity index (χ1) is 20.6. The van der Waals surface area contributed by atoms with Crippen LogP contribution in [0.3, 0.4) is 0 Å². The van der Waals surface area contributed by atoms with Crippen LogP contribution in [0.4, 0.5) is 13.2 Å². The number of pyridine rings is 2. The summed E-state index contributed by atoms with van der Waals surface area (Å²) in [6.07, 6.45) is 7.17. The van der Waals surface area contributed by atoms with E-state index in [-0.39, 0.29) is 17.9 Å². The van der Waals surface area contributed by atoms with Crippen LogP contribution in [0.2, 0.25) is 0 Å². The van der Waals surface area contributed by atoms with Crippen molar-refractivity contribution >= 4 is 18.2 Å². The Balaban J connectivity index is 0.000000188. The monoisotopic (exact) mass is 589 g/mol. The number of nitrogens with two attached hydrogens (primary N) is 2. The van der Waals surface area contributed by atoms with Gasteiger partial charge in [-0.3, -0.25) is 15.7 Å². The van der Waals surface area contributed by atoms with Crippen LogP contribution in [0, 0.1) is 17.5 Å². The highest BCUT2D eigenvalue weighted by atomic mass is 19.1. The molecule has 6 N–H and O–H groups in total. The Bertz CT molecular complexity index is 1780. The predicted octanol–water partition coefficient (Wildman–Crippen LogP) is 3.46. The SMILES string of the molecule is NC(O)(O)c1ccc2c(-c3ccncc3)c(-c3ccc(F)cc3)nn2c1.NC=NC=NCC1(c2ccc(F)cc2F)CO1. The quantitative estimate of drug-likeness (QED) is 0.0979. The number of hydrogen-bond donors (Lipinski definition) is 4. The van der Waals surface area contributed by atoms with Crippen molar-refractivity contribution in [2.75, 3.05) is 13.2 Å². The number of hydrogen-bond acceptors (Lipinski definition) is 7. The molecule has 13 heteroatoms. The van der Waals surface area contributed by atoms with Gasteiger partial charge in [-0.05, 0) is 60.2 Å². The lowest BCUT2D eigenvalue weighted by Crippen LogP contribution is -2.35. The fourth-order valence-electron chi connectivity index (χ4n) is 4.43. The molecule has 0 amide bonds. The van der Waals surface area contributed by atoms with Gasteiger partial charge in [0.05, 0.1) is 25.0 Å². The number of halogens is 3. The maximum Gasteiger partial charge on any atom is 0.249 e. The molecular weight excluding hydrogens is 563 g/mol. The molecule has 1 unspecified atom stereocenters. The summed E-state index contributed by atoms with van der Waals surface area (Å²) in [7, 11) is 0. The molecule has 1 aliphatic rings. The topological polar surface area (TPSA) is 160 Å². The maximum absolute atomic E-state index is 13.5. The Labute approximate surface area is 243 Å². The van der Waals surface area contributed by atoms with Crippen molar-refractivity contribution in [3.8, 4) is 22.4 Å². The van der Waals surface area contributed by atoms with Crippen LogP contribution in [0.5, 0.6) is 0 Å². The molecule has 0 aliphatic carbocycles. The molecule has 1 atom stereocenters. The Morgan fingerprint density at radius 2 is 1.67 bits per heavy atom. The zero-order valence-electron chi connectivity index (χ0n) is 22.5. The number of aliphatic imine (C=N–C) groups is 2. The molecule has 1 fully saturated rings. The number of rotatable bonds is 7. The van der Waals surface area contributed by atoms with E-state index in [0.717, 1.165) is 34.6 Å². The van der Waals surface area contributed by atoms with Crippen molar-refractivity contribution in [1.29, 1.82) is 0 Å². The Kier molecular flexibility index (Phi) is 8.32. The third-order valence-corrected chi connectivity index (χ3v) is 6.64. The van der Waals surface area contributed by atoms with E-state index >= 15 is 0 Å². The minimum atomic E-state index is -2.47. The zero-order valence-corrected chi connectivity index (χ0v) is 22.5. The summed E-state index contributed by atoms with van der Waals surface area (Å²) in [5, 5.41) is 23.8. The first-order valence-corrected chi connectivity index (χ1v) is 12.9. The van der Waals surface area contributed by atoms with Gasteiger partial charge in [-0.1, -0.05) is 6.07 Å². The van der Waals surface area contributed by atoms with Gasteiger partial charge in [-0.25, -0.2) is 22.7 Å². The number of nitrogens with zero attached hydrogens (tertiary/aromatic N) is 5. The number of aliphatic hydroxyl groups is 2. The van der Waals surface area contributed by atoms with Crippen molar-refractivity contribution in [1.82, 2.24) is 14.6 Å². The molecule has 6 rings (SSSR count). The maximum atomic E-state index is 13.5. The van der Waals surface area contributed by atoms with Gasteiger partial charge in [0.1, 0.15) is 35.1 Å². The normalized spacial score (nSPS) is 16.5. The van der Waals surface area contributed by atoms with Crippen molar-refractivity contribution in [2.45, 2.75) is 11.5 Å². The van der Waals surface area contributed by atoms with Crippen LogP contribution >= 0.6 is 0 Å². The highest BCUT2D eigenvalue weighted by Gasteiger charge is 2.48. The summed E-state index contributed by atoms with van der Waals surface area (Å²) in [4.78, 5) is 11.6. The standard InChI is InChI=1S/C19H15FN4O2.C11H11F2N3O/c20-15-4-1-13(2-5-15)18-17(12-7-9-22-10-8-12)16-6-3-14(19(21,25)26)11-24(16)23-18;12-8-1-2-9(10(13)3-8)11(5-17-11)4-15-7-16-6-14/h1-11,25-26H,21H2;1-3,6-7H,4-5H2,(H2,14,15,16). The lowest BCUT2D eigenvalue weighted by molar-refractivity contribution is -0.164. The zero-order chi connectivity index (χ0) is 30.6. The van der Waals surface area contributed by atoms with E-state index in [4.69, 9.17) is 16.2 Å². The molecule has 1 saturated heterocycles. The second-order valence-electron chi connectivity index (χ2n) is 9.60. The van der Waals surface area contributed by atoms with Gasteiger partial charge in [0.15, 0.2) is 0 Å². The van der Waals surface area contributed by atoms with E-state index in [2.05, 4.69) is 20.1 Å². The molecule has 5 aromatic rings. The smallest absolute Gasteiger partial charge is 0.249 e. The molecule has 0 radical (unpaired) electrons. The van der Waals surface area contributed by atoms with Crippen molar-refractivity contribution in [3.63, 3.8) is 0 Å². The summed E-state index contributed by atoms with van der Waals surface area (Å²) < 4.78 is 46.4.